The standard InChI is InChI=1S/C16H29N3O/c1-13(16(20)18-9-2-3-10-18)19(15-6-7-15)12-14-5-4-8-17-11-14/h13-15,17H,2-12H2,1H3. The quantitative estimate of drug-likeness (QED) is 0.827. The van der Waals surface area contributed by atoms with Crippen LogP contribution in [0, 0.1) is 5.92 Å². The largest absolute Gasteiger partial charge is 0.341 e. The van der Waals surface area contributed by atoms with Gasteiger partial charge in [0, 0.05) is 25.7 Å². The maximum atomic E-state index is 12.6. The molecule has 0 aromatic carbocycles. The van der Waals surface area contributed by atoms with Crippen molar-refractivity contribution in [3.8, 4) is 0 Å². The average Bonchev–Trinajstić information content (AvgIpc) is 3.18. The third kappa shape index (κ3) is 3.34. The normalized spacial score (nSPS) is 28.9. The van der Waals surface area contributed by atoms with Crippen LogP contribution in [0.5, 0.6) is 0 Å². The van der Waals surface area contributed by atoms with Crippen molar-refractivity contribution < 1.29 is 4.79 Å². The van der Waals surface area contributed by atoms with Crippen LogP contribution in [0.2, 0.25) is 0 Å². The monoisotopic (exact) mass is 279 g/mol. The van der Waals surface area contributed by atoms with Crippen molar-refractivity contribution in [1.29, 1.82) is 0 Å². The zero-order chi connectivity index (χ0) is 13.9. The minimum atomic E-state index is 0.0857. The lowest BCUT2D eigenvalue weighted by molar-refractivity contribution is -0.135. The van der Waals surface area contributed by atoms with E-state index in [-0.39, 0.29) is 6.04 Å². The maximum Gasteiger partial charge on any atom is 0.239 e. The predicted molar refractivity (Wildman–Crippen MR) is 80.6 cm³/mol. The van der Waals surface area contributed by atoms with Gasteiger partial charge in [-0.05, 0) is 64.5 Å². The van der Waals surface area contributed by atoms with E-state index in [0.717, 1.165) is 32.1 Å². The van der Waals surface area contributed by atoms with Gasteiger partial charge < -0.3 is 10.2 Å². The predicted octanol–water partition coefficient (Wildman–Crippen LogP) is 1.46. The van der Waals surface area contributed by atoms with Gasteiger partial charge in [-0.15, -0.1) is 0 Å². The molecule has 1 saturated carbocycles. The number of carbonyl (C=O) groups excluding carboxylic acids is 1. The summed E-state index contributed by atoms with van der Waals surface area (Å²) >= 11 is 0. The highest BCUT2D eigenvalue weighted by Crippen LogP contribution is 2.31. The second-order valence-electron chi connectivity index (χ2n) is 6.85. The van der Waals surface area contributed by atoms with Crippen molar-refractivity contribution in [2.24, 2.45) is 5.92 Å². The highest BCUT2D eigenvalue weighted by Gasteiger charge is 2.38. The van der Waals surface area contributed by atoms with E-state index in [1.807, 2.05) is 0 Å². The van der Waals surface area contributed by atoms with Crippen LogP contribution in [0.3, 0.4) is 0 Å². The summed E-state index contributed by atoms with van der Waals surface area (Å²) in [5.74, 6) is 1.11. The second kappa shape index (κ2) is 6.44. The first-order chi connectivity index (χ1) is 9.75. The molecular weight excluding hydrogens is 250 g/mol. The first-order valence-corrected chi connectivity index (χ1v) is 8.51. The van der Waals surface area contributed by atoms with E-state index < -0.39 is 0 Å². The van der Waals surface area contributed by atoms with Gasteiger partial charge in [-0.2, -0.15) is 0 Å². The molecule has 0 aromatic rings. The summed E-state index contributed by atoms with van der Waals surface area (Å²) in [6, 6.07) is 0.765. The number of rotatable bonds is 5. The molecule has 1 amide bonds. The van der Waals surface area contributed by atoms with E-state index in [9.17, 15) is 4.79 Å². The fraction of sp³-hybridized carbons (Fsp3) is 0.938. The summed E-state index contributed by atoms with van der Waals surface area (Å²) in [6.07, 6.45) is 7.57. The Morgan fingerprint density at radius 1 is 1.25 bits per heavy atom. The molecular formula is C16H29N3O. The molecule has 2 atom stereocenters. The molecule has 0 spiro atoms. The molecule has 0 radical (unpaired) electrons. The van der Waals surface area contributed by atoms with Gasteiger partial charge in [-0.3, -0.25) is 9.69 Å². The molecule has 114 valence electrons. The van der Waals surface area contributed by atoms with Crippen molar-refractivity contribution in [2.75, 3.05) is 32.7 Å². The highest BCUT2D eigenvalue weighted by molar-refractivity contribution is 5.81. The Bertz CT molecular complexity index is 331. The van der Waals surface area contributed by atoms with Gasteiger partial charge in [0.05, 0.1) is 6.04 Å². The molecule has 0 aromatic heterocycles. The molecule has 2 saturated heterocycles. The fourth-order valence-electron chi connectivity index (χ4n) is 3.75. The molecule has 2 unspecified atom stereocenters. The van der Waals surface area contributed by atoms with Crippen LogP contribution in [0.25, 0.3) is 0 Å². The summed E-state index contributed by atoms with van der Waals surface area (Å²) in [4.78, 5) is 17.2. The van der Waals surface area contributed by atoms with E-state index in [1.165, 1.54) is 45.1 Å². The van der Waals surface area contributed by atoms with Crippen molar-refractivity contribution >= 4 is 5.91 Å². The van der Waals surface area contributed by atoms with Gasteiger partial charge in [-0.25, -0.2) is 0 Å². The molecule has 2 aliphatic heterocycles. The van der Waals surface area contributed by atoms with Gasteiger partial charge in [0.1, 0.15) is 0 Å². The summed E-state index contributed by atoms with van der Waals surface area (Å²) in [5, 5.41) is 3.50. The van der Waals surface area contributed by atoms with Gasteiger partial charge >= 0.3 is 0 Å². The Labute approximate surface area is 122 Å². The lowest BCUT2D eigenvalue weighted by Gasteiger charge is -2.35. The van der Waals surface area contributed by atoms with Crippen LogP contribution in [0.4, 0.5) is 0 Å². The summed E-state index contributed by atoms with van der Waals surface area (Å²) in [5.41, 5.74) is 0. The summed E-state index contributed by atoms with van der Waals surface area (Å²) < 4.78 is 0. The Hall–Kier alpha value is -0.610. The van der Waals surface area contributed by atoms with Crippen molar-refractivity contribution in [1.82, 2.24) is 15.1 Å². The van der Waals surface area contributed by atoms with E-state index in [4.69, 9.17) is 0 Å². The Kier molecular flexibility index (Phi) is 4.61. The summed E-state index contributed by atoms with van der Waals surface area (Å²) in [6.45, 7) is 7.50. The number of amides is 1. The minimum Gasteiger partial charge on any atom is -0.341 e. The van der Waals surface area contributed by atoms with E-state index in [2.05, 4.69) is 22.0 Å². The molecule has 2 heterocycles. The van der Waals surface area contributed by atoms with Gasteiger partial charge in [-0.1, -0.05) is 0 Å². The van der Waals surface area contributed by atoms with E-state index >= 15 is 0 Å². The number of hydrogen-bond donors (Lipinski definition) is 1. The Morgan fingerprint density at radius 3 is 2.60 bits per heavy atom. The van der Waals surface area contributed by atoms with Crippen molar-refractivity contribution in [3.05, 3.63) is 0 Å². The first kappa shape index (κ1) is 14.3. The van der Waals surface area contributed by atoms with Crippen LogP contribution in [0.1, 0.15) is 45.4 Å². The summed E-state index contributed by atoms with van der Waals surface area (Å²) in [7, 11) is 0. The lowest BCUT2D eigenvalue weighted by Crippen LogP contribution is -2.50. The van der Waals surface area contributed by atoms with Crippen LogP contribution in [0.15, 0.2) is 0 Å². The van der Waals surface area contributed by atoms with E-state index in [1.54, 1.807) is 0 Å². The number of nitrogens with zero attached hydrogens (tertiary/aromatic N) is 2. The highest BCUT2D eigenvalue weighted by atomic mass is 16.2. The van der Waals surface area contributed by atoms with Crippen LogP contribution < -0.4 is 5.32 Å². The van der Waals surface area contributed by atoms with Crippen molar-refractivity contribution in [3.63, 3.8) is 0 Å². The van der Waals surface area contributed by atoms with Crippen molar-refractivity contribution in [2.45, 2.75) is 57.5 Å². The zero-order valence-corrected chi connectivity index (χ0v) is 12.8. The average molecular weight is 279 g/mol. The van der Waals surface area contributed by atoms with Gasteiger partial charge in [0.2, 0.25) is 5.91 Å². The van der Waals surface area contributed by atoms with Gasteiger partial charge in [0.15, 0.2) is 0 Å². The molecule has 0 bridgehead atoms. The SMILES string of the molecule is CC(C(=O)N1CCCC1)N(CC1CCCNC1)C1CC1. The smallest absolute Gasteiger partial charge is 0.239 e. The number of carbonyl (C=O) groups is 1. The molecule has 1 N–H and O–H groups in total. The van der Waals surface area contributed by atoms with Crippen LogP contribution in [-0.4, -0.2) is 60.5 Å². The van der Waals surface area contributed by atoms with Gasteiger partial charge in [0.25, 0.3) is 0 Å². The molecule has 1 aliphatic carbocycles. The molecule has 20 heavy (non-hydrogen) atoms. The number of likely N-dealkylation sites (tertiary alicyclic amines) is 1. The molecule has 3 rings (SSSR count). The molecule has 4 heteroatoms. The second-order valence-corrected chi connectivity index (χ2v) is 6.85. The molecule has 4 nitrogen and oxygen atoms in total. The lowest BCUT2D eigenvalue weighted by atomic mass is 9.98. The topological polar surface area (TPSA) is 35.6 Å². The minimum absolute atomic E-state index is 0.0857. The first-order valence-electron chi connectivity index (χ1n) is 8.51. The Balaban J connectivity index is 1.58. The number of nitrogens with one attached hydrogen (secondary N) is 1. The number of piperidine rings is 1. The Morgan fingerprint density at radius 2 is 2.00 bits per heavy atom. The van der Waals surface area contributed by atoms with Crippen LogP contribution in [-0.2, 0) is 4.79 Å². The number of hydrogen-bond acceptors (Lipinski definition) is 3. The van der Waals surface area contributed by atoms with Crippen LogP contribution >= 0.6 is 0 Å². The fourth-order valence-corrected chi connectivity index (χ4v) is 3.75. The van der Waals surface area contributed by atoms with E-state index in [0.29, 0.717) is 11.9 Å². The third-order valence-corrected chi connectivity index (χ3v) is 5.16. The third-order valence-electron chi connectivity index (χ3n) is 5.16. The molecule has 3 aliphatic rings. The molecule has 3 fully saturated rings. The maximum absolute atomic E-state index is 12.6. The zero-order valence-electron chi connectivity index (χ0n) is 12.8.